The number of hydrogen-bond donors (Lipinski definition) is 2. The molecule has 1 rings (SSSR count). The molecule has 0 aliphatic rings. The first-order valence-corrected chi connectivity index (χ1v) is 4.42. The number of rotatable bonds is 2. The lowest BCUT2D eigenvalue weighted by Gasteiger charge is -2.06. The van der Waals surface area contributed by atoms with Crippen molar-refractivity contribution in [1.29, 1.82) is 0 Å². The van der Waals surface area contributed by atoms with E-state index in [4.69, 9.17) is 0 Å². The van der Waals surface area contributed by atoms with Gasteiger partial charge in [-0.15, -0.1) is 0 Å². The standard InChI is InChI=1S/C11H12N2O2/c1-8(2)10(14)12-13-11(15)9-6-4-3-5-7-9/h3-7H,1H2,2H3,(H,12,14)(H,13,15). The summed E-state index contributed by atoms with van der Waals surface area (Å²) >= 11 is 0. The Hall–Kier alpha value is -2.10. The predicted molar refractivity (Wildman–Crippen MR) is 56.9 cm³/mol. The van der Waals surface area contributed by atoms with Gasteiger partial charge in [-0.25, -0.2) is 0 Å². The molecule has 0 saturated carbocycles. The van der Waals surface area contributed by atoms with E-state index in [2.05, 4.69) is 17.4 Å². The molecule has 0 atom stereocenters. The van der Waals surface area contributed by atoms with Crippen molar-refractivity contribution in [1.82, 2.24) is 10.9 Å². The quantitative estimate of drug-likeness (QED) is 0.558. The van der Waals surface area contributed by atoms with Crippen LogP contribution < -0.4 is 10.9 Å². The topological polar surface area (TPSA) is 58.2 Å². The lowest BCUT2D eigenvalue weighted by molar-refractivity contribution is -0.118. The molecule has 2 N–H and O–H groups in total. The molecule has 0 heterocycles. The summed E-state index contributed by atoms with van der Waals surface area (Å²) in [5, 5.41) is 0. The zero-order valence-corrected chi connectivity index (χ0v) is 8.41. The zero-order valence-electron chi connectivity index (χ0n) is 8.41. The van der Waals surface area contributed by atoms with E-state index in [-0.39, 0.29) is 5.91 Å². The van der Waals surface area contributed by atoms with E-state index in [0.29, 0.717) is 11.1 Å². The Kier molecular flexibility index (Phi) is 3.62. The van der Waals surface area contributed by atoms with Crippen LogP contribution in [0.3, 0.4) is 0 Å². The van der Waals surface area contributed by atoms with Crippen LogP contribution in [0.25, 0.3) is 0 Å². The maximum Gasteiger partial charge on any atom is 0.269 e. The molecule has 0 bridgehead atoms. The van der Waals surface area contributed by atoms with E-state index in [1.165, 1.54) is 0 Å². The Balaban J connectivity index is 2.51. The molecule has 0 fully saturated rings. The molecule has 0 saturated heterocycles. The molecule has 1 aromatic carbocycles. The van der Waals surface area contributed by atoms with Gasteiger partial charge in [0.05, 0.1) is 0 Å². The molecule has 15 heavy (non-hydrogen) atoms. The Labute approximate surface area is 88.0 Å². The molecule has 78 valence electrons. The third kappa shape index (κ3) is 3.27. The highest BCUT2D eigenvalue weighted by Crippen LogP contribution is 1.96. The summed E-state index contributed by atoms with van der Waals surface area (Å²) in [6.07, 6.45) is 0. The molecule has 1 aromatic rings. The minimum atomic E-state index is -0.403. The van der Waals surface area contributed by atoms with Crippen LogP contribution in [0.15, 0.2) is 42.5 Å². The molecule has 2 amide bonds. The van der Waals surface area contributed by atoms with Gasteiger partial charge < -0.3 is 0 Å². The van der Waals surface area contributed by atoms with Gasteiger partial charge in [-0.2, -0.15) is 0 Å². The second-order valence-corrected chi connectivity index (χ2v) is 3.05. The number of hydrazine groups is 1. The van der Waals surface area contributed by atoms with Crippen molar-refractivity contribution in [2.24, 2.45) is 0 Å². The Morgan fingerprint density at radius 1 is 1.13 bits per heavy atom. The summed E-state index contributed by atoms with van der Waals surface area (Å²) in [5.74, 6) is -0.760. The van der Waals surface area contributed by atoms with Gasteiger partial charge in [0.2, 0.25) is 0 Å². The SMILES string of the molecule is C=C(C)C(=O)NNC(=O)c1ccccc1. The van der Waals surface area contributed by atoms with E-state index < -0.39 is 5.91 Å². The molecule has 0 unspecified atom stereocenters. The normalized spacial score (nSPS) is 9.13. The molecular weight excluding hydrogens is 192 g/mol. The van der Waals surface area contributed by atoms with Gasteiger partial charge in [0.15, 0.2) is 0 Å². The van der Waals surface area contributed by atoms with E-state index in [1.807, 2.05) is 6.07 Å². The Bertz CT molecular complexity index is 385. The van der Waals surface area contributed by atoms with Crippen LogP contribution in [0.1, 0.15) is 17.3 Å². The second kappa shape index (κ2) is 4.95. The fourth-order valence-electron chi connectivity index (χ4n) is 0.882. The minimum Gasteiger partial charge on any atom is -0.268 e. The van der Waals surface area contributed by atoms with E-state index >= 15 is 0 Å². The first kappa shape index (κ1) is 11.0. The maximum atomic E-state index is 11.4. The van der Waals surface area contributed by atoms with Gasteiger partial charge in [0.1, 0.15) is 0 Å². The summed E-state index contributed by atoms with van der Waals surface area (Å²) in [4.78, 5) is 22.5. The first-order valence-electron chi connectivity index (χ1n) is 4.42. The summed E-state index contributed by atoms with van der Waals surface area (Å²) in [7, 11) is 0. The van der Waals surface area contributed by atoms with Gasteiger partial charge in [0.25, 0.3) is 11.8 Å². The van der Waals surface area contributed by atoms with Crippen molar-refractivity contribution < 1.29 is 9.59 Å². The molecule has 0 spiro atoms. The van der Waals surface area contributed by atoms with Crippen molar-refractivity contribution >= 4 is 11.8 Å². The van der Waals surface area contributed by atoms with Crippen LogP contribution in [0.4, 0.5) is 0 Å². The average molecular weight is 204 g/mol. The number of benzene rings is 1. The van der Waals surface area contributed by atoms with Gasteiger partial charge in [-0.1, -0.05) is 24.8 Å². The van der Waals surface area contributed by atoms with Gasteiger partial charge in [-0.3, -0.25) is 20.4 Å². The first-order chi connectivity index (χ1) is 7.11. The molecule has 0 aliphatic heterocycles. The van der Waals surface area contributed by atoms with Crippen molar-refractivity contribution in [2.75, 3.05) is 0 Å². The van der Waals surface area contributed by atoms with E-state index in [1.54, 1.807) is 31.2 Å². The molecule has 4 heteroatoms. The number of nitrogens with one attached hydrogen (secondary N) is 2. The summed E-state index contributed by atoms with van der Waals surface area (Å²) in [5.41, 5.74) is 5.35. The molecule has 0 radical (unpaired) electrons. The highest BCUT2D eigenvalue weighted by atomic mass is 16.2. The summed E-state index contributed by atoms with van der Waals surface area (Å²) < 4.78 is 0. The maximum absolute atomic E-state index is 11.4. The van der Waals surface area contributed by atoms with Crippen LogP contribution >= 0.6 is 0 Å². The highest BCUT2D eigenvalue weighted by molar-refractivity contribution is 5.98. The Morgan fingerprint density at radius 3 is 2.27 bits per heavy atom. The van der Waals surface area contributed by atoms with Crippen LogP contribution in [0.2, 0.25) is 0 Å². The lowest BCUT2D eigenvalue weighted by Crippen LogP contribution is -2.41. The second-order valence-electron chi connectivity index (χ2n) is 3.05. The number of hydrogen-bond acceptors (Lipinski definition) is 2. The van der Waals surface area contributed by atoms with Crippen molar-refractivity contribution in [2.45, 2.75) is 6.92 Å². The number of amides is 2. The van der Waals surface area contributed by atoms with Gasteiger partial charge >= 0.3 is 0 Å². The van der Waals surface area contributed by atoms with Crippen LogP contribution in [-0.4, -0.2) is 11.8 Å². The molecule has 4 nitrogen and oxygen atoms in total. The number of carbonyl (C=O) groups is 2. The average Bonchev–Trinajstić information content (AvgIpc) is 2.26. The molecular formula is C11H12N2O2. The predicted octanol–water partition coefficient (Wildman–Crippen LogP) is 1.02. The van der Waals surface area contributed by atoms with Crippen molar-refractivity contribution in [3.8, 4) is 0 Å². The third-order valence-corrected chi connectivity index (χ3v) is 1.71. The summed E-state index contributed by atoms with van der Waals surface area (Å²) in [6, 6.07) is 8.61. The van der Waals surface area contributed by atoms with Crippen molar-refractivity contribution in [3.05, 3.63) is 48.0 Å². The van der Waals surface area contributed by atoms with Gasteiger partial charge in [0, 0.05) is 11.1 Å². The monoisotopic (exact) mass is 204 g/mol. The lowest BCUT2D eigenvalue weighted by atomic mass is 10.2. The highest BCUT2D eigenvalue weighted by Gasteiger charge is 2.05. The van der Waals surface area contributed by atoms with Gasteiger partial charge in [-0.05, 0) is 19.1 Å². The third-order valence-electron chi connectivity index (χ3n) is 1.71. The smallest absolute Gasteiger partial charge is 0.268 e. The van der Waals surface area contributed by atoms with Crippen LogP contribution in [0.5, 0.6) is 0 Å². The molecule has 0 aromatic heterocycles. The minimum absolute atomic E-state index is 0.336. The largest absolute Gasteiger partial charge is 0.269 e. The fraction of sp³-hybridized carbons (Fsp3) is 0.0909. The fourth-order valence-corrected chi connectivity index (χ4v) is 0.882. The van der Waals surface area contributed by atoms with Crippen LogP contribution in [-0.2, 0) is 4.79 Å². The van der Waals surface area contributed by atoms with Crippen LogP contribution in [0, 0.1) is 0 Å². The van der Waals surface area contributed by atoms with E-state index in [9.17, 15) is 9.59 Å². The summed E-state index contributed by atoms with van der Waals surface area (Å²) in [6.45, 7) is 5.00. The zero-order chi connectivity index (χ0) is 11.3. The van der Waals surface area contributed by atoms with E-state index in [0.717, 1.165) is 0 Å². The Morgan fingerprint density at radius 2 is 1.73 bits per heavy atom. The number of carbonyl (C=O) groups excluding carboxylic acids is 2. The molecule has 0 aliphatic carbocycles. The van der Waals surface area contributed by atoms with Crippen molar-refractivity contribution in [3.63, 3.8) is 0 Å².